The maximum atomic E-state index is 13.7. The van der Waals surface area contributed by atoms with E-state index in [0.717, 1.165) is 17.5 Å². The van der Waals surface area contributed by atoms with E-state index in [-0.39, 0.29) is 5.92 Å². The number of hydrogen-bond donors (Lipinski definition) is 2. The van der Waals surface area contributed by atoms with Gasteiger partial charge in [-0.2, -0.15) is 14.6 Å². The first-order chi connectivity index (χ1) is 15.1. The molecule has 0 fully saturated rings. The number of para-hydroxylation sites is 1. The monoisotopic (exact) mass is 415 g/mol. The van der Waals surface area contributed by atoms with Crippen molar-refractivity contribution in [2.75, 3.05) is 11.9 Å². The molecule has 156 valence electrons. The third kappa shape index (κ3) is 3.61. The predicted octanol–water partition coefficient (Wildman–Crippen LogP) is 4.58. The van der Waals surface area contributed by atoms with Crippen LogP contribution in [-0.2, 0) is 6.42 Å². The van der Waals surface area contributed by atoms with Crippen molar-refractivity contribution in [2.24, 2.45) is 0 Å². The van der Waals surface area contributed by atoms with E-state index in [4.69, 9.17) is 0 Å². The number of pyridine rings is 1. The van der Waals surface area contributed by atoms with Crippen LogP contribution in [-0.4, -0.2) is 36.1 Å². The Bertz CT molecular complexity index is 1370. The van der Waals surface area contributed by atoms with E-state index in [9.17, 15) is 4.39 Å². The second-order valence-electron chi connectivity index (χ2n) is 7.79. The average molecular weight is 415 g/mol. The van der Waals surface area contributed by atoms with Crippen molar-refractivity contribution in [3.05, 3.63) is 72.1 Å². The number of aromatic nitrogens is 6. The molecule has 0 saturated heterocycles. The van der Waals surface area contributed by atoms with Gasteiger partial charge in [-0.05, 0) is 30.0 Å². The van der Waals surface area contributed by atoms with Crippen molar-refractivity contribution in [3.8, 4) is 11.4 Å². The van der Waals surface area contributed by atoms with Crippen LogP contribution in [0.15, 0.2) is 55.1 Å². The molecule has 0 saturated carbocycles. The lowest BCUT2D eigenvalue weighted by Crippen LogP contribution is -2.12. The van der Waals surface area contributed by atoms with Crippen LogP contribution in [0.3, 0.4) is 0 Å². The third-order valence-electron chi connectivity index (χ3n) is 5.33. The molecule has 4 heterocycles. The standard InChI is InChI=1S/C23H22FN7/c1-14(2)19-13-28-31-22(19)29-21(16-9-17(24)12-25-10-16)30-23(31)26-8-7-15-11-27-20-6-4-3-5-18(15)20/h3-6,9-14,27H,7-8H2,1-2H3,(H,26,29,30). The second-order valence-corrected chi connectivity index (χ2v) is 7.79. The highest BCUT2D eigenvalue weighted by Crippen LogP contribution is 2.25. The first-order valence-electron chi connectivity index (χ1n) is 10.3. The van der Waals surface area contributed by atoms with E-state index in [1.54, 1.807) is 10.7 Å². The summed E-state index contributed by atoms with van der Waals surface area (Å²) in [4.78, 5) is 16.5. The maximum absolute atomic E-state index is 13.7. The molecule has 0 atom stereocenters. The van der Waals surface area contributed by atoms with Gasteiger partial charge in [0.05, 0.1) is 12.4 Å². The van der Waals surface area contributed by atoms with Crippen LogP contribution in [0.2, 0.25) is 0 Å². The molecule has 0 amide bonds. The number of nitrogens with zero attached hydrogens (tertiary/aromatic N) is 5. The van der Waals surface area contributed by atoms with Crippen LogP contribution in [0.1, 0.15) is 30.9 Å². The Balaban J connectivity index is 1.49. The highest BCUT2D eigenvalue weighted by Gasteiger charge is 2.16. The topological polar surface area (TPSA) is 83.8 Å². The molecule has 8 heteroatoms. The van der Waals surface area contributed by atoms with E-state index in [1.807, 2.05) is 24.5 Å². The maximum Gasteiger partial charge on any atom is 0.227 e. The Hall–Kier alpha value is -3.81. The fourth-order valence-electron chi connectivity index (χ4n) is 3.73. The van der Waals surface area contributed by atoms with Gasteiger partial charge in [0, 0.05) is 41.0 Å². The second kappa shape index (κ2) is 7.79. The lowest BCUT2D eigenvalue weighted by atomic mass is 10.1. The first kappa shape index (κ1) is 19.2. The van der Waals surface area contributed by atoms with Crippen molar-refractivity contribution >= 4 is 22.5 Å². The minimum absolute atomic E-state index is 0.241. The van der Waals surface area contributed by atoms with E-state index in [2.05, 4.69) is 56.3 Å². The molecule has 0 aliphatic rings. The summed E-state index contributed by atoms with van der Waals surface area (Å²) in [5.74, 6) is 0.796. The van der Waals surface area contributed by atoms with Crippen molar-refractivity contribution in [2.45, 2.75) is 26.2 Å². The summed E-state index contributed by atoms with van der Waals surface area (Å²) in [6.45, 7) is 4.84. The Morgan fingerprint density at radius 2 is 2.00 bits per heavy atom. The number of fused-ring (bicyclic) bond motifs is 2. The molecule has 0 aliphatic carbocycles. The van der Waals surface area contributed by atoms with Gasteiger partial charge in [-0.15, -0.1) is 0 Å². The number of anilines is 1. The average Bonchev–Trinajstić information content (AvgIpc) is 3.38. The highest BCUT2D eigenvalue weighted by atomic mass is 19.1. The van der Waals surface area contributed by atoms with E-state index >= 15 is 0 Å². The molecule has 31 heavy (non-hydrogen) atoms. The lowest BCUT2D eigenvalue weighted by molar-refractivity contribution is 0.622. The summed E-state index contributed by atoms with van der Waals surface area (Å²) >= 11 is 0. The number of aromatic amines is 1. The van der Waals surface area contributed by atoms with Gasteiger partial charge in [-0.1, -0.05) is 32.0 Å². The van der Waals surface area contributed by atoms with Crippen molar-refractivity contribution in [3.63, 3.8) is 0 Å². The molecular formula is C23H22FN7. The zero-order valence-corrected chi connectivity index (χ0v) is 17.3. The van der Waals surface area contributed by atoms with Gasteiger partial charge in [-0.3, -0.25) is 4.98 Å². The van der Waals surface area contributed by atoms with Crippen molar-refractivity contribution < 1.29 is 4.39 Å². The minimum atomic E-state index is -0.424. The number of benzene rings is 1. The van der Waals surface area contributed by atoms with E-state index in [1.165, 1.54) is 23.2 Å². The number of nitrogens with one attached hydrogen (secondary N) is 2. The van der Waals surface area contributed by atoms with Crippen LogP contribution in [0.5, 0.6) is 0 Å². The largest absolute Gasteiger partial charge is 0.361 e. The number of H-pyrrole nitrogens is 1. The highest BCUT2D eigenvalue weighted by molar-refractivity contribution is 5.83. The van der Waals surface area contributed by atoms with Crippen LogP contribution >= 0.6 is 0 Å². The van der Waals surface area contributed by atoms with Gasteiger partial charge in [0.2, 0.25) is 5.95 Å². The van der Waals surface area contributed by atoms with Gasteiger partial charge in [0.25, 0.3) is 0 Å². The van der Waals surface area contributed by atoms with Crippen LogP contribution in [0.4, 0.5) is 10.3 Å². The van der Waals surface area contributed by atoms with Crippen molar-refractivity contribution in [1.82, 2.24) is 29.5 Å². The summed E-state index contributed by atoms with van der Waals surface area (Å²) in [5.41, 5.74) is 4.59. The van der Waals surface area contributed by atoms with E-state index in [0.29, 0.717) is 29.5 Å². The Labute approximate surface area is 178 Å². The summed E-state index contributed by atoms with van der Waals surface area (Å²) in [6.07, 6.45) is 7.39. The lowest BCUT2D eigenvalue weighted by Gasteiger charge is -2.10. The molecule has 0 unspecified atom stereocenters. The van der Waals surface area contributed by atoms with Crippen LogP contribution < -0.4 is 5.32 Å². The van der Waals surface area contributed by atoms with Gasteiger partial charge < -0.3 is 10.3 Å². The Morgan fingerprint density at radius 1 is 1.13 bits per heavy atom. The summed E-state index contributed by atoms with van der Waals surface area (Å²) in [5, 5.41) is 9.09. The molecule has 2 N–H and O–H groups in total. The predicted molar refractivity (Wildman–Crippen MR) is 119 cm³/mol. The molecule has 0 bridgehead atoms. The van der Waals surface area contributed by atoms with Gasteiger partial charge in [0.15, 0.2) is 11.5 Å². The molecule has 1 aromatic carbocycles. The van der Waals surface area contributed by atoms with Gasteiger partial charge >= 0.3 is 0 Å². The van der Waals surface area contributed by atoms with Crippen LogP contribution in [0, 0.1) is 5.82 Å². The summed E-state index contributed by atoms with van der Waals surface area (Å²) in [7, 11) is 0. The van der Waals surface area contributed by atoms with Gasteiger partial charge in [-0.25, -0.2) is 9.37 Å². The smallest absolute Gasteiger partial charge is 0.227 e. The van der Waals surface area contributed by atoms with Crippen molar-refractivity contribution in [1.29, 1.82) is 0 Å². The SMILES string of the molecule is CC(C)c1cnn2c(NCCc3c[nH]c4ccccc34)nc(-c3cncc(F)c3)nc12. The fraction of sp³-hybridized carbons (Fsp3) is 0.217. The first-order valence-corrected chi connectivity index (χ1v) is 10.3. The molecule has 5 rings (SSSR count). The fourth-order valence-corrected chi connectivity index (χ4v) is 3.73. The molecule has 0 aliphatic heterocycles. The Morgan fingerprint density at radius 3 is 2.84 bits per heavy atom. The Kier molecular flexibility index (Phi) is 4.82. The summed E-state index contributed by atoms with van der Waals surface area (Å²) in [6, 6.07) is 9.63. The summed E-state index contributed by atoms with van der Waals surface area (Å²) < 4.78 is 15.5. The van der Waals surface area contributed by atoms with E-state index < -0.39 is 5.82 Å². The number of halogens is 1. The molecule has 0 radical (unpaired) electrons. The molecule has 0 spiro atoms. The normalized spacial score (nSPS) is 11.6. The van der Waals surface area contributed by atoms with Gasteiger partial charge in [0.1, 0.15) is 5.82 Å². The molecular weight excluding hydrogens is 393 g/mol. The zero-order valence-electron chi connectivity index (χ0n) is 17.3. The quantitative estimate of drug-likeness (QED) is 0.424. The number of rotatable bonds is 6. The molecule has 4 aromatic heterocycles. The minimum Gasteiger partial charge on any atom is -0.361 e. The van der Waals surface area contributed by atoms with Crippen LogP contribution in [0.25, 0.3) is 27.9 Å². The number of hydrogen-bond acceptors (Lipinski definition) is 5. The zero-order chi connectivity index (χ0) is 21.4. The molecule has 5 aromatic rings. The third-order valence-corrected chi connectivity index (χ3v) is 5.33. The molecule has 7 nitrogen and oxygen atoms in total.